The van der Waals surface area contributed by atoms with Gasteiger partial charge in [0.25, 0.3) is 0 Å². The van der Waals surface area contributed by atoms with Crippen LogP contribution in [-0.4, -0.2) is 34.5 Å². The fourth-order valence-electron chi connectivity index (χ4n) is 6.33. The maximum atomic E-state index is 6.42. The smallest absolute Gasteiger partial charge is 0.141 e. The van der Waals surface area contributed by atoms with E-state index in [1.807, 2.05) is 33.1 Å². The molecule has 1 saturated carbocycles. The third-order valence-electron chi connectivity index (χ3n) is 8.17. The summed E-state index contributed by atoms with van der Waals surface area (Å²) in [5, 5.41) is 5.33. The fourth-order valence-corrected chi connectivity index (χ4v) is 6.63. The summed E-state index contributed by atoms with van der Waals surface area (Å²) < 4.78 is 13.7. The van der Waals surface area contributed by atoms with Gasteiger partial charge in [0.1, 0.15) is 11.6 Å². The predicted molar refractivity (Wildman–Crippen MR) is 149 cm³/mol. The van der Waals surface area contributed by atoms with Crippen LogP contribution in [0.1, 0.15) is 67.9 Å². The van der Waals surface area contributed by atoms with Crippen molar-refractivity contribution in [3.05, 3.63) is 63.7 Å². The molecular formula is C29H32Cl2N4O2. The number of methoxy groups -OCH3 is 1. The van der Waals surface area contributed by atoms with Gasteiger partial charge in [0.05, 0.1) is 38.9 Å². The molecule has 0 unspecified atom stereocenters. The highest BCUT2D eigenvalue weighted by Gasteiger charge is 2.34. The number of ether oxygens (including phenoxy) is 1. The maximum absolute atomic E-state index is 6.42. The first-order valence-corrected chi connectivity index (χ1v) is 13.9. The molecule has 1 aliphatic carbocycles. The highest BCUT2D eigenvalue weighted by molar-refractivity contribution is 6.42. The van der Waals surface area contributed by atoms with Crippen molar-refractivity contribution in [1.29, 1.82) is 0 Å². The lowest BCUT2D eigenvalue weighted by Gasteiger charge is -2.33. The van der Waals surface area contributed by atoms with E-state index < -0.39 is 0 Å². The molecular weight excluding hydrogens is 507 g/mol. The summed E-state index contributed by atoms with van der Waals surface area (Å²) in [5.41, 5.74) is 6.34. The van der Waals surface area contributed by atoms with Crippen LogP contribution in [0.25, 0.3) is 22.2 Å². The molecule has 1 saturated heterocycles. The van der Waals surface area contributed by atoms with Crippen LogP contribution in [0.2, 0.25) is 10.0 Å². The van der Waals surface area contributed by atoms with Crippen molar-refractivity contribution >= 4 is 39.9 Å². The Morgan fingerprint density at radius 3 is 2.49 bits per heavy atom. The van der Waals surface area contributed by atoms with Crippen LogP contribution < -0.4 is 4.90 Å². The van der Waals surface area contributed by atoms with E-state index in [2.05, 4.69) is 38.9 Å². The standard InChI is InChI=1S/C29H32Cl2N4O2/c1-17-28(18(2)37-33-17)19-6-13-26-25(15-19)32-29(35(26)20-7-10-22(36-3)11-8-20)27-5-4-14-34(27)21-9-12-23(30)24(31)16-21/h6,9,12-13,15-16,20,22,27H,4-5,7-8,10-11,14H2,1-3H3/t20-,22-,27-/m0/s1. The fraction of sp³-hybridized carbons (Fsp3) is 0.448. The number of aromatic nitrogens is 3. The molecule has 8 heteroatoms. The first kappa shape index (κ1) is 24.8. The summed E-state index contributed by atoms with van der Waals surface area (Å²) in [4.78, 5) is 7.78. The SMILES string of the molecule is CO[C@H]1CC[C@H](n2c([C@@H]3CCCN3c3ccc(Cl)c(Cl)c3)nc3cc(-c4c(C)noc4C)ccc32)CC1. The van der Waals surface area contributed by atoms with Crippen molar-refractivity contribution in [2.24, 2.45) is 0 Å². The highest BCUT2D eigenvalue weighted by atomic mass is 35.5. The second kappa shape index (κ2) is 9.97. The Morgan fingerprint density at radius 1 is 0.973 bits per heavy atom. The highest BCUT2D eigenvalue weighted by Crippen LogP contribution is 2.43. The molecule has 1 aliphatic heterocycles. The lowest BCUT2D eigenvalue weighted by Crippen LogP contribution is -2.28. The molecule has 4 aromatic rings. The number of benzene rings is 2. The summed E-state index contributed by atoms with van der Waals surface area (Å²) in [6.45, 7) is 4.92. The second-order valence-corrected chi connectivity index (χ2v) is 11.2. The monoisotopic (exact) mass is 538 g/mol. The summed E-state index contributed by atoms with van der Waals surface area (Å²) in [5.74, 6) is 1.96. The van der Waals surface area contributed by atoms with E-state index in [1.54, 1.807) is 0 Å². The molecule has 6 rings (SSSR count). The summed E-state index contributed by atoms with van der Waals surface area (Å²) in [6, 6.07) is 13.1. The lowest BCUT2D eigenvalue weighted by atomic mass is 9.92. The van der Waals surface area contributed by atoms with E-state index >= 15 is 0 Å². The second-order valence-electron chi connectivity index (χ2n) is 10.4. The van der Waals surface area contributed by atoms with Gasteiger partial charge >= 0.3 is 0 Å². The maximum Gasteiger partial charge on any atom is 0.141 e. The van der Waals surface area contributed by atoms with Crippen molar-refractivity contribution in [2.75, 3.05) is 18.6 Å². The average Bonchev–Trinajstić information content (AvgIpc) is 3.62. The summed E-state index contributed by atoms with van der Waals surface area (Å²) in [6.07, 6.45) is 6.81. The van der Waals surface area contributed by atoms with Crippen molar-refractivity contribution in [1.82, 2.24) is 14.7 Å². The molecule has 0 N–H and O–H groups in total. The van der Waals surface area contributed by atoms with Crippen LogP contribution in [0.4, 0.5) is 5.69 Å². The van der Waals surface area contributed by atoms with Gasteiger partial charge in [0.2, 0.25) is 0 Å². The molecule has 0 radical (unpaired) electrons. The van der Waals surface area contributed by atoms with E-state index in [-0.39, 0.29) is 6.04 Å². The molecule has 3 heterocycles. The van der Waals surface area contributed by atoms with Gasteiger partial charge in [0.15, 0.2) is 0 Å². The van der Waals surface area contributed by atoms with E-state index in [4.69, 9.17) is 37.4 Å². The van der Waals surface area contributed by atoms with Crippen LogP contribution in [0.5, 0.6) is 0 Å². The van der Waals surface area contributed by atoms with E-state index in [0.29, 0.717) is 22.2 Å². The molecule has 0 spiro atoms. The number of rotatable bonds is 5. The Kier molecular flexibility index (Phi) is 6.68. The Labute approximate surface area is 227 Å². The zero-order valence-corrected chi connectivity index (χ0v) is 23.0. The van der Waals surface area contributed by atoms with Crippen LogP contribution in [0, 0.1) is 13.8 Å². The number of hydrogen-bond donors (Lipinski definition) is 0. The molecule has 37 heavy (non-hydrogen) atoms. The number of imidazole rings is 1. The van der Waals surface area contributed by atoms with Gasteiger partial charge in [-0.05, 0) is 88.3 Å². The summed E-state index contributed by atoms with van der Waals surface area (Å²) >= 11 is 12.7. The number of anilines is 1. The number of aryl methyl sites for hydroxylation is 2. The van der Waals surface area contributed by atoms with Gasteiger partial charge in [-0.2, -0.15) is 0 Å². The number of nitrogens with zero attached hydrogens (tertiary/aromatic N) is 4. The lowest BCUT2D eigenvalue weighted by molar-refractivity contribution is 0.0584. The van der Waals surface area contributed by atoms with Crippen molar-refractivity contribution in [3.8, 4) is 11.1 Å². The quantitative estimate of drug-likeness (QED) is 0.257. The molecule has 1 atom stereocenters. The molecule has 2 fully saturated rings. The summed E-state index contributed by atoms with van der Waals surface area (Å²) in [7, 11) is 1.83. The van der Waals surface area contributed by atoms with Gasteiger partial charge in [-0.15, -0.1) is 0 Å². The largest absolute Gasteiger partial charge is 0.381 e. The minimum Gasteiger partial charge on any atom is -0.381 e. The topological polar surface area (TPSA) is 56.3 Å². The minimum atomic E-state index is 0.173. The Balaban J connectivity index is 1.46. The van der Waals surface area contributed by atoms with Crippen LogP contribution in [0.15, 0.2) is 40.9 Å². The van der Waals surface area contributed by atoms with E-state index in [9.17, 15) is 0 Å². The molecule has 2 aromatic heterocycles. The average molecular weight is 540 g/mol. The van der Waals surface area contributed by atoms with Gasteiger partial charge < -0.3 is 18.7 Å². The normalized spacial score (nSPS) is 22.3. The Morgan fingerprint density at radius 2 is 1.78 bits per heavy atom. The third kappa shape index (κ3) is 4.43. The van der Waals surface area contributed by atoms with Crippen LogP contribution in [0.3, 0.4) is 0 Å². The Hall–Kier alpha value is -2.54. The van der Waals surface area contributed by atoms with Gasteiger partial charge in [0, 0.05) is 30.9 Å². The first-order chi connectivity index (χ1) is 17.9. The van der Waals surface area contributed by atoms with Crippen molar-refractivity contribution in [2.45, 2.75) is 70.6 Å². The van der Waals surface area contributed by atoms with E-state index in [1.165, 1.54) is 5.52 Å². The molecule has 6 nitrogen and oxygen atoms in total. The van der Waals surface area contributed by atoms with Gasteiger partial charge in [-0.1, -0.05) is 34.4 Å². The van der Waals surface area contributed by atoms with Crippen molar-refractivity contribution < 1.29 is 9.26 Å². The van der Waals surface area contributed by atoms with Gasteiger partial charge in [-0.25, -0.2) is 4.98 Å². The van der Waals surface area contributed by atoms with Crippen molar-refractivity contribution in [3.63, 3.8) is 0 Å². The number of fused-ring (bicyclic) bond motifs is 1. The van der Waals surface area contributed by atoms with Crippen LogP contribution >= 0.6 is 23.2 Å². The first-order valence-electron chi connectivity index (χ1n) is 13.1. The number of halogens is 2. The van der Waals surface area contributed by atoms with E-state index in [0.717, 1.165) is 84.7 Å². The third-order valence-corrected chi connectivity index (χ3v) is 8.91. The predicted octanol–water partition coefficient (Wildman–Crippen LogP) is 8.09. The van der Waals surface area contributed by atoms with Crippen LogP contribution in [-0.2, 0) is 4.74 Å². The molecule has 194 valence electrons. The molecule has 2 aromatic carbocycles. The zero-order chi connectivity index (χ0) is 25.7. The molecule has 0 amide bonds. The minimum absolute atomic E-state index is 0.173. The number of hydrogen-bond acceptors (Lipinski definition) is 5. The molecule has 2 aliphatic rings. The zero-order valence-electron chi connectivity index (χ0n) is 21.5. The van der Waals surface area contributed by atoms with Gasteiger partial charge in [-0.3, -0.25) is 0 Å². The molecule has 0 bridgehead atoms. The Bertz CT molecular complexity index is 1420.